The molecule has 1 aliphatic rings. The molecule has 0 aliphatic heterocycles. The summed E-state index contributed by atoms with van der Waals surface area (Å²) in [5.41, 5.74) is -0.736. The van der Waals surface area contributed by atoms with Crippen molar-refractivity contribution in [1.82, 2.24) is 4.98 Å². The molecular weight excluding hydrogens is 268 g/mol. The zero-order valence-corrected chi connectivity index (χ0v) is 11.9. The number of aliphatic hydroxyl groups is 1. The SMILES string of the molecule is CC(C)(C)OC(=O)Nc1ccc(Cl)nc1C1(O)CC1. The lowest BCUT2D eigenvalue weighted by Crippen LogP contribution is -2.28. The summed E-state index contributed by atoms with van der Waals surface area (Å²) in [4.78, 5) is 15.8. The predicted molar refractivity (Wildman–Crippen MR) is 72.2 cm³/mol. The van der Waals surface area contributed by atoms with Crippen molar-refractivity contribution < 1.29 is 14.6 Å². The Morgan fingerprint density at radius 1 is 1.47 bits per heavy atom. The van der Waals surface area contributed by atoms with Gasteiger partial charge in [-0.05, 0) is 45.7 Å². The minimum Gasteiger partial charge on any atom is -0.444 e. The average molecular weight is 285 g/mol. The fourth-order valence-corrected chi connectivity index (χ4v) is 1.81. The molecule has 0 spiro atoms. The lowest BCUT2D eigenvalue weighted by Gasteiger charge is -2.21. The molecule has 104 valence electrons. The summed E-state index contributed by atoms with van der Waals surface area (Å²) in [7, 11) is 0. The van der Waals surface area contributed by atoms with Crippen molar-refractivity contribution in [2.24, 2.45) is 0 Å². The van der Waals surface area contributed by atoms with Gasteiger partial charge in [0.05, 0.1) is 11.4 Å². The Bertz CT molecular complexity index is 507. The summed E-state index contributed by atoms with van der Waals surface area (Å²) in [5.74, 6) is 0. The van der Waals surface area contributed by atoms with Gasteiger partial charge in [-0.1, -0.05) is 11.6 Å². The van der Waals surface area contributed by atoms with E-state index in [9.17, 15) is 9.90 Å². The maximum atomic E-state index is 11.7. The van der Waals surface area contributed by atoms with E-state index in [4.69, 9.17) is 16.3 Å². The van der Waals surface area contributed by atoms with Crippen molar-refractivity contribution in [2.75, 3.05) is 5.32 Å². The van der Waals surface area contributed by atoms with Gasteiger partial charge in [0.15, 0.2) is 0 Å². The molecular formula is C13H17ClN2O3. The van der Waals surface area contributed by atoms with Crippen LogP contribution in [0.1, 0.15) is 39.3 Å². The lowest BCUT2D eigenvalue weighted by atomic mass is 10.1. The average Bonchev–Trinajstić information content (AvgIpc) is 2.97. The Morgan fingerprint density at radius 3 is 2.63 bits per heavy atom. The number of carbonyl (C=O) groups excluding carboxylic acids is 1. The van der Waals surface area contributed by atoms with Gasteiger partial charge in [-0.25, -0.2) is 9.78 Å². The molecule has 19 heavy (non-hydrogen) atoms. The van der Waals surface area contributed by atoms with Crippen LogP contribution in [0, 0.1) is 0 Å². The monoisotopic (exact) mass is 284 g/mol. The fourth-order valence-electron chi connectivity index (χ4n) is 1.66. The van der Waals surface area contributed by atoms with Gasteiger partial charge in [0.2, 0.25) is 0 Å². The predicted octanol–water partition coefficient (Wildman–Crippen LogP) is 3.06. The number of carbonyl (C=O) groups is 1. The first-order valence-electron chi connectivity index (χ1n) is 6.09. The Labute approximate surface area is 116 Å². The van der Waals surface area contributed by atoms with Gasteiger partial charge in [-0.2, -0.15) is 0 Å². The molecule has 2 rings (SSSR count). The third-order valence-corrected chi connectivity index (χ3v) is 2.87. The van der Waals surface area contributed by atoms with E-state index >= 15 is 0 Å². The van der Waals surface area contributed by atoms with Crippen LogP contribution >= 0.6 is 11.6 Å². The van der Waals surface area contributed by atoms with Gasteiger partial charge in [-0.3, -0.25) is 5.32 Å². The highest BCUT2D eigenvalue weighted by molar-refractivity contribution is 6.29. The van der Waals surface area contributed by atoms with Crippen LogP contribution in [0.4, 0.5) is 10.5 Å². The Kier molecular flexibility index (Phi) is 3.45. The highest BCUT2D eigenvalue weighted by Crippen LogP contribution is 2.47. The number of pyridine rings is 1. The second-order valence-corrected chi connectivity index (χ2v) is 6.08. The largest absolute Gasteiger partial charge is 0.444 e. The number of nitrogens with zero attached hydrogens (tertiary/aromatic N) is 1. The Morgan fingerprint density at radius 2 is 2.11 bits per heavy atom. The van der Waals surface area contributed by atoms with Crippen LogP contribution in [0.15, 0.2) is 12.1 Å². The Hall–Kier alpha value is -1.33. The molecule has 6 heteroatoms. The van der Waals surface area contributed by atoms with E-state index in [-0.39, 0.29) is 5.15 Å². The van der Waals surface area contributed by atoms with Crippen molar-refractivity contribution in [2.45, 2.75) is 44.8 Å². The van der Waals surface area contributed by atoms with Gasteiger partial charge < -0.3 is 9.84 Å². The molecule has 2 N–H and O–H groups in total. The van der Waals surface area contributed by atoms with Crippen LogP contribution in [0.2, 0.25) is 5.15 Å². The van der Waals surface area contributed by atoms with E-state index in [1.807, 2.05) is 0 Å². The smallest absolute Gasteiger partial charge is 0.412 e. The highest BCUT2D eigenvalue weighted by atomic mass is 35.5. The first-order valence-corrected chi connectivity index (χ1v) is 6.47. The van der Waals surface area contributed by atoms with E-state index in [2.05, 4.69) is 10.3 Å². The topological polar surface area (TPSA) is 71.5 Å². The van der Waals surface area contributed by atoms with Crippen LogP contribution in [-0.4, -0.2) is 21.8 Å². The van der Waals surface area contributed by atoms with Crippen molar-refractivity contribution in [3.63, 3.8) is 0 Å². The van der Waals surface area contributed by atoms with Gasteiger partial charge in [0.25, 0.3) is 0 Å². The minimum absolute atomic E-state index is 0.282. The molecule has 0 bridgehead atoms. The standard InChI is InChI=1S/C13H17ClN2O3/c1-12(2,3)19-11(17)15-8-4-5-9(14)16-10(8)13(18)6-7-13/h4-5,18H,6-7H2,1-3H3,(H,15,17). The summed E-state index contributed by atoms with van der Waals surface area (Å²) in [6.07, 6.45) is 0.647. The fraction of sp³-hybridized carbons (Fsp3) is 0.538. The molecule has 0 atom stereocenters. The summed E-state index contributed by atoms with van der Waals surface area (Å²) in [6, 6.07) is 3.17. The molecule has 1 saturated carbocycles. The molecule has 1 aliphatic carbocycles. The minimum atomic E-state index is -0.977. The van der Waals surface area contributed by atoms with Gasteiger partial charge in [-0.15, -0.1) is 0 Å². The maximum Gasteiger partial charge on any atom is 0.412 e. The normalized spacial score (nSPS) is 16.9. The molecule has 5 nitrogen and oxygen atoms in total. The third kappa shape index (κ3) is 3.58. The van der Waals surface area contributed by atoms with Crippen LogP contribution in [-0.2, 0) is 10.3 Å². The second-order valence-electron chi connectivity index (χ2n) is 5.69. The van der Waals surface area contributed by atoms with E-state index < -0.39 is 17.3 Å². The van der Waals surface area contributed by atoms with Crippen molar-refractivity contribution in [3.8, 4) is 0 Å². The molecule has 0 aromatic carbocycles. The van der Waals surface area contributed by atoms with Crippen molar-refractivity contribution in [1.29, 1.82) is 0 Å². The molecule has 1 amide bonds. The lowest BCUT2D eigenvalue weighted by molar-refractivity contribution is 0.0635. The van der Waals surface area contributed by atoms with Gasteiger partial charge in [0.1, 0.15) is 16.4 Å². The first-order chi connectivity index (χ1) is 8.70. The molecule has 0 radical (unpaired) electrons. The quantitative estimate of drug-likeness (QED) is 0.819. The molecule has 0 saturated heterocycles. The number of amides is 1. The van der Waals surface area contributed by atoms with Gasteiger partial charge in [0, 0.05) is 0 Å². The maximum absolute atomic E-state index is 11.7. The van der Waals surface area contributed by atoms with Crippen LogP contribution in [0.5, 0.6) is 0 Å². The molecule has 1 aromatic rings. The number of rotatable bonds is 2. The van der Waals surface area contributed by atoms with E-state index in [0.717, 1.165) is 0 Å². The number of nitrogens with one attached hydrogen (secondary N) is 1. The van der Waals surface area contributed by atoms with Crippen molar-refractivity contribution >= 4 is 23.4 Å². The Balaban J connectivity index is 2.19. The van der Waals surface area contributed by atoms with Crippen LogP contribution < -0.4 is 5.32 Å². The zero-order chi connectivity index (χ0) is 14.3. The van der Waals surface area contributed by atoms with Crippen molar-refractivity contribution in [3.05, 3.63) is 23.0 Å². The highest BCUT2D eigenvalue weighted by Gasteiger charge is 2.45. The first kappa shape index (κ1) is 14.1. The summed E-state index contributed by atoms with van der Waals surface area (Å²) in [5, 5.41) is 13.0. The molecule has 1 aromatic heterocycles. The third-order valence-electron chi connectivity index (χ3n) is 2.66. The summed E-state index contributed by atoms with van der Waals surface area (Å²) < 4.78 is 5.17. The van der Waals surface area contributed by atoms with Crippen LogP contribution in [0.25, 0.3) is 0 Å². The molecule has 1 heterocycles. The number of ether oxygens (including phenoxy) is 1. The molecule has 0 unspecified atom stereocenters. The van der Waals surface area contributed by atoms with E-state index in [1.165, 1.54) is 0 Å². The number of anilines is 1. The van der Waals surface area contributed by atoms with Gasteiger partial charge >= 0.3 is 6.09 Å². The van der Waals surface area contributed by atoms with E-state index in [0.29, 0.717) is 24.2 Å². The summed E-state index contributed by atoms with van der Waals surface area (Å²) >= 11 is 5.83. The second kappa shape index (κ2) is 4.65. The summed E-state index contributed by atoms with van der Waals surface area (Å²) in [6.45, 7) is 5.34. The number of aromatic nitrogens is 1. The van der Waals surface area contributed by atoms with E-state index in [1.54, 1.807) is 32.9 Å². The van der Waals surface area contributed by atoms with Crippen LogP contribution in [0.3, 0.4) is 0 Å². The number of hydrogen-bond donors (Lipinski definition) is 2. The number of hydrogen-bond acceptors (Lipinski definition) is 4. The zero-order valence-electron chi connectivity index (χ0n) is 11.2. The molecule has 1 fully saturated rings. The number of halogens is 1.